The van der Waals surface area contributed by atoms with Crippen LogP contribution in [-0.2, 0) is 9.59 Å². The van der Waals surface area contributed by atoms with Crippen molar-refractivity contribution < 1.29 is 23.9 Å². The molecule has 2 amide bonds. The predicted molar refractivity (Wildman–Crippen MR) is 77.8 cm³/mol. The van der Waals surface area contributed by atoms with Crippen LogP contribution in [0.3, 0.4) is 0 Å². The Bertz CT molecular complexity index is 652. The number of carboxylic acid groups (broad SMARTS) is 1. The van der Waals surface area contributed by atoms with E-state index in [1.54, 1.807) is 0 Å². The summed E-state index contributed by atoms with van der Waals surface area (Å²) in [5.74, 6) is -2.46. The summed E-state index contributed by atoms with van der Waals surface area (Å²) >= 11 is 5.97. The van der Waals surface area contributed by atoms with E-state index in [4.69, 9.17) is 16.7 Å². The molecule has 1 heterocycles. The van der Waals surface area contributed by atoms with Crippen LogP contribution in [0.1, 0.15) is 23.7 Å². The maximum atomic E-state index is 14.0. The molecule has 0 bridgehead atoms. The number of benzene rings is 1. The lowest BCUT2D eigenvalue weighted by Gasteiger charge is -2.18. The molecule has 22 heavy (non-hydrogen) atoms. The van der Waals surface area contributed by atoms with Crippen LogP contribution in [0.5, 0.6) is 0 Å². The van der Waals surface area contributed by atoms with Gasteiger partial charge in [-0.2, -0.15) is 0 Å². The summed E-state index contributed by atoms with van der Waals surface area (Å²) in [5, 5.41) is 11.5. The molecule has 1 aliphatic heterocycles. The zero-order chi connectivity index (χ0) is 16.5. The van der Waals surface area contributed by atoms with Crippen molar-refractivity contribution in [1.29, 1.82) is 0 Å². The molecule has 0 saturated carbocycles. The van der Waals surface area contributed by atoms with E-state index in [1.807, 2.05) is 0 Å². The average molecular weight is 329 g/mol. The highest BCUT2D eigenvalue weighted by atomic mass is 35.5. The van der Waals surface area contributed by atoms with Crippen LogP contribution in [0.15, 0.2) is 18.2 Å². The molecule has 1 saturated heterocycles. The summed E-state index contributed by atoms with van der Waals surface area (Å²) in [6.45, 7) is 0.783. The smallest absolute Gasteiger partial charge is 0.343 e. The van der Waals surface area contributed by atoms with Gasteiger partial charge < -0.3 is 15.3 Å². The number of anilines is 1. The maximum absolute atomic E-state index is 14.0. The largest absolute Gasteiger partial charge is 0.479 e. The van der Waals surface area contributed by atoms with Crippen molar-refractivity contribution in [3.63, 3.8) is 0 Å². The van der Waals surface area contributed by atoms with Gasteiger partial charge in [0, 0.05) is 25.6 Å². The van der Waals surface area contributed by atoms with Gasteiger partial charge in [-0.1, -0.05) is 11.6 Å². The number of alkyl halides is 1. The summed E-state index contributed by atoms with van der Waals surface area (Å²) in [6, 6.07) is 4.35. The molecule has 1 fully saturated rings. The lowest BCUT2D eigenvalue weighted by molar-refractivity contribution is -0.149. The number of nitrogens with zero attached hydrogens (tertiary/aromatic N) is 1. The Hall–Kier alpha value is -2.15. The lowest BCUT2D eigenvalue weighted by Crippen LogP contribution is -2.39. The minimum absolute atomic E-state index is 0.0116. The third-order valence-electron chi connectivity index (χ3n) is 3.41. The van der Waals surface area contributed by atoms with E-state index in [-0.39, 0.29) is 29.5 Å². The molecule has 6 nitrogen and oxygen atoms in total. The number of hydrogen-bond acceptors (Lipinski definition) is 3. The Kier molecular flexibility index (Phi) is 4.37. The van der Waals surface area contributed by atoms with E-state index in [0.29, 0.717) is 5.69 Å². The highest BCUT2D eigenvalue weighted by Crippen LogP contribution is 2.29. The van der Waals surface area contributed by atoms with Crippen molar-refractivity contribution in [2.45, 2.75) is 19.0 Å². The van der Waals surface area contributed by atoms with Gasteiger partial charge in [0.25, 0.3) is 5.91 Å². The van der Waals surface area contributed by atoms with Crippen LogP contribution >= 0.6 is 11.6 Å². The number of rotatable bonds is 3. The van der Waals surface area contributed by atoms with Crippen molar-refractivity contribution in [3.05, 3.63) is 28.8 Å². The van der Waals surface area contributed by atoms with Gasteiger partial charge in [0.05, 0.1) is 17.1 Å². The number of carbonyl (C=O) groups is 3. The first kappa shape index (κ1) is 16.2. The molecule has 0 aromatic heterocycles. The molecule has 118 valence electrons. The number of halogens is 2. The van der Waals surface area contributed by atoms with Crippen LogP contribution in [0.2, 0.25) is 5.02 Å². The van der Waals surface area contributed by atoms with Crippen molar-refractivity contribution in [1.82, 2.24) is 4.90 Å². The predicted octanol–water partition coefficient (Wildman–Crippen LogP) is 1.94. The molecule has 1 aromatic rings. The lowest BCUT2D eigenvalue weighted by atomic mass is 10.1. The number of likely N-dealkylation sites (tertiary alicyclic amines) is 1. The molecule has 1 unspecified atom stereocenters. The molecule has 0 spiro atoms. The molecular weight excluding hydrogens is 315 g/mol. The second-order valence-corrected chi connectivity index (χ2v) is 5.53. The van der Waals surface area contributed by atoms with Crippen LogP contribution in [0.25, 0.3) is 0 Å². The van der Waals surface area contributed by atoms with Gasteiger partial charge >= 0.3 is 5.97 Å². The topological polar surface area (TPSA) is 86.7 Å². The second kappa shape index (κ2) is 5.92. The van der Waals surface area contributed by atoms with Crippen molar-refractivity contribution in [3.8, 4) is 0 Å². The molecular formula is C14H14ClFN2O4. The number of nitrogens with one attached hydrogen (secondary N) is 1. The summed E-state index contributed by atoms with van der Waals surface area (Å²) in [4.78, 5) is 35.4. The first-order valence-corrected chi connectivity index (χ1v) is 6.89. The maximum Gasteiger partial charge on any atom is 0.343 e. The highest BCUT2D eigenvalue weighted by molar-refractivity contribution is 6.34. The average Bonchev–Trinajstić information content (AvgIpc) is 2.84. The van der Waals surface area contributed by atoms with Gasteiger partial charge in [-0.15, -0.1) is 0 Å². The quantitative estimate of drug-likeness (QED) is 0.887. The molecule has 1 aromatic carbocycles. The number of carbonyl (C=O) groups excluding carboxylic acids is 2. The normalized spacial score (nSPS) is 20.8. The van der Waals surface area contributed by atoms with E-state index >= 15 is 0 Å². The van der Waals surface area contributed by atoms with Crippen LogP contribution < -0.4 is 5.32 Å². The van der Waals surface area contributed by atoms with Gasteiger partial charge in [0.1, 0.15) is 0 Å². The third-order valence-corrected chi connectivity index (χ3v) is 3.74. The molecule has 8 heteroatoms. The molecule has 2 N–H and O–H groups in total. The zero-order valence-electron chi connectivity index (χ0n) is 11.7. The van der Waals surface area contributed by atoms with Crippen LogP contribution in [-0.4, -0.2) is 46.5 Å². The van der Waals surface area contributed by atoms with Gasteiger partial charge in [-0.25, -0.2) is 9.18 Å². The van der Waals surface area contributed by atoms with Gasteiger partial charge in [-0.3, -0.25) is 9.59 Å². The first-order chi connectivity index (χ1) is 10.2. The van der Waals surface area contributed by atoms with E-state index in [1.165, 1.54) is 25.1 Å². The molecule has 1 atom stereocenters. The third kappa shape index (κ3) is 3.19. The Balaban J connectivity index is 2.23. The van der Waals surface area contributed by atoms with Gasteiger partial charge in [-0.05, 0) is 18.2 Å². The standard InChI is InChI=1S/C14H14ClFN2O4/c1-8(19)17-9-2-3-11(15)10(6-9)12(20)18-5-4-14(16,7-18)13(21)22/h2-3,6H,4-5,7H2,1H3,(H,17,19)(H,21,22). The van der Waals surface area contributed by atoms with Crippen LogP contribution in [0, 0.1) is 0 Å². The number of aliphatic carboxylic acids is 1. The van der Waals surface area contributed by atoms with E-state index in [0.717, 1.165) is 4.90 Å². The Labute approximate surface area is 130 Å². The minimum Gasteiger partial charge on any atom is -0.479 e. The second-order valence-electron chi connectivity index (χ2n) is 5.12. The zero-order valence-corrected chi connectivity index (χ0v) is 12.5. The summed E-state index contributed by atoms with van der Waals surface area (Å²) in [7, 11) is 0. The van der Waals surface area contributed by atoms with Crippen LogP contribution in [0.4, 0.5) is 10.1 Å². The Morgan fingerprint density at radius 3 is 2.64 bits per heavy atom. The number of hydrogen-bond donors (Lipinski definition) is 2. The summed E-state index contributed by atoms with van der Waals surface area (Å²) in [5.41, 5.74) is -1.97. The SMILES string of the molecule is CC(=O)Nc1ccc(Cl)c(C(=O)N2CCC(F)(C(=O)O)C2)c1. The minimum atomic E-state index is -2.43. The van der Waals surface area contributed by atoms with Crippen molar-refractivity contribution >= 4 is 35.1 Å². The monoisotopic (exact) mass is 328 g/mol. The van der Waals surface area contributed by atoms with Gasteiger partial charge in [0.2, 0.25) is 11.6 Å². The van der Waals surface area contributed by atoms with E-state index in [9.17, 15) is 18.8 Å². The van der Waals surface area contributed by atoms with Gasteiger partial charge in [0.15, 0.2) is 0 Å². The fraction of sp³-hybridized carbons (Fsp3) is 0.357. The molecule has 0 aliphatic carbocycles. The summed E-state index contributed by atoms with van der Waals surface area (Å²) in [6.07, 6.45) is -0.267. The molecule has 1 aliphatic rings. The van der Waals surface area contributed by atoms with E-state index in [2.05, 4.69) is 5.32 Å². The first-order valence-electron chi connectivity index (χ1n) is 6.52. The number of amides is 2. The Morgan fingerprint density at radius 2 is 2.09 bits per heavy atom. The number of carboxylic acids is 1. The fourth-order valence-electron chi connectivity index (χ4n) is 2.26. The molecule has 2 rings (SSSR count). The summed E-state index contributed by atoms with van der Waals surface area (Å²) < 4.78 is 14.0. The van der Waals surface area contributed by atoms with Crippen molar-refractivity contribution in [2.75, 3.05) is 18.4 Å². The molecule has 0 radical (unpaired) electrons. The highest BCUT2D eigenvalue weighted by Gasteiger charge is 2.47. The van der Waals surface area contributed by atoms with E-state index < -0.39 is 24.1 Å². The van der Waals surface area contributed by atoms with Crippen molar-refractivity contribution in [2.24, 2.45) is 0 Å². The fourth-order valence-corrected chi connectivity index (χ4v) is 2.46. The Morgan fingerprint density at radius 1 is 1.41 bits per heavy atom.